The van der Waals surface area contributed by atoms with Gasteiger partial charge in [-0.05, 0) is 54.7 Å². The van der Waals surface area contributed by atoms with Crippen LogP contribution in [0.3, 0.4) is 0 Å². The van der Waals surface area contributed by atoms with Gasteiger partial charge in [-0.3, -0.25) is 9.59 Å². The number of nitrogens with zero attached hydrogens (tertiary/aromatic N) is 1. The molecule has 1 N–H and O–H groups in total. The van der Waals surface area contributed by atoms with Gasteiger partial charge in [-0.25, -0.2) is 4.39 Å². The Bertz CT molecular complexity index is 869. The van der Waals surface area contributed by atoms with Gasteiger partial charge in [0.2, 0.25) is 5.91 Å². The van der Waals surface area contributed by atoms with E-state index in [2.05, 4.69) is 5.32 Å². The number of hydrogen-bond donors (Lipinski definition) is 1. The molecule has 6 heteroatoms. The lowest BCUT2D eigenvalue weighted by Crippen LogP contribution is -2.38. The Kier molecular flexibility index (Phi) is 6.35. The van der Waals surface area contributed by atoms with E-state index in [-0.39, 0.29) is 28.9 Å². The number of halogens is 2. The van der Waals surface area contributed by atoms with Crippen LogP contribution in [-0.2, 0) is 4.79 Å². The highest BCUT2D eigenvalue weighted by Gasteiger charge is 2.30. The lowest BCUT2D eigenvalue weighted by Gasteiger charge is -2.25. The summed E-state index contributed by atoms with van der Waals surface area (Å²) in [6, 6.07) is 12.0. The summed E-state index contributed by atoms with van der Waals surface area (Å²) in [5, 5.41) is 3.08. The molecule has 2 amide bonds. The third-order valence-electron chi connectivity index (χ3n) is 5.34. The Labute approximate surface area is 169 Å². The van der Waals surface area contributed by atoms with Gasteiger partial charge in [0.25, 0.3) is 5.91 Å². The summed E-state index contributed by atoms with van der Waals surface area (Å²) in [4.78, 5) is 26.2. The Balaban J connectivity index is 1.65. The SMILES string of the molecule is CCC(=O)N[C@H]1CC[C@@H](N(C)C(=O)c2ccc(-c3ccc(F)c(Cl)c3)cc2)C1. The Morgan fingerprint density at radius 2 is 1.82 bits per heavy atom. The van der Waals surface area contributed by atoms with Gasteiger partial charge in [-0.2, -0.15) is 0 Å². The van der Waals surface area contributed by atoms with Gasteiger partial charge in [0.1, 0.15) is 5.82 Å². The topological polar surface area (TPSA) is 49.4 Å². The number of benzene rings is 2. The number of carbonyl (C=O) groups is 2. The van der Waals surface area contributed by atoms with Crippen molar-refractivity contribution < 1.29 is 14.0 Å². The predicted octanol–water partition coefficient (Wildman–Crippen LogP) is 4.67. The summed E-state index contributed by atoms with van der Waals surface area (Å²) in [5.74, 6) is -0.448. The fraction of sp³-hybridized carbons (Fsp3) is 0.364. The monoisotopic (exact) mass is 402 g/mol. The molecule has 2 aromatic carbocycles. The van der Waals surface area contributed by atoms with Crippen LogP contribution in [0.5, 0.6) is 0 Å². The van der Waals surface area contributed by atoms with E-state index < -0.39 is 5.82 Å². The van der Waals surface area contributed by atoms with Crippen molar-refractivity contribution in [1.82, 2.24) is 10.2 Å². The molecule has 2 aromatic rings. The zero-order chi connectivity index (χ0) is 20.3. The van der Waals surface area contributed by atoms with Crippen LogP contribution in [0, 0.1) is 5.82 Å². The van der Waals surface area contributed by atoms with Crippen LogP contribution < -0.4 is 5.32 Å². The first-order valence-electron chi connectivity index (χ1n) is 9.51. The molecular weight excluding hydrogens is 379 g/mol. The van der Waals surface area contributed by atoms with Gasteiger partial charge < -0.3 is 10.2 Å². The predicted molar refractivity (Wildman–Crippen MR) is 109 cm³/mol. The van der Waals surface area contributed by atoms with E-state index in [4.69, 9.17) is 11.6 Å². The molecule has 1 aliphatic carbocycles. The molecule has 2 atom stereocenters. The summed E-state index contributed by atoms with van der Waals surface area (Å²) in [7, 11) is 1.81. The number of hydrogen-bond acceptors (Lipinski definition) is 2. The molecule has 148 valence electrons. The number of amides is 2. The van der Waals surface area contributed by atoms with Crippen LogP contribution in [0.25, 0.3) is 11.1 Å². The number of nitrogens with one attached hydrogen (secondary N) is 1. The molecular formula is C22H24ClFN2O2. The van der Waals surface area contributed by atoms with Crippen molar-refractivity contribution in [1.29, 1.82) is 0 Å². The smallest absolute Gasteiger partial charge is 0.253 e. The highest BCUT2D eigenvalue weighted by molar-refractivity contribution is 6.31. The largest absolute Gasteiger partial charge is 0.353 e. The second kappa shape index (κ2) is 8.74. The molecule has 0 spiro atoms. The molecule has 0 aliphatic heterocycles. The summed E-state index contributed by atoms with van der Waals surface area (Å²) in [6.07, 6.45) is 3.02. The molecule has 1 aliphatic rings. The van der Waals surface area contributed by atoms with Crippen molar-refractivity contribution in [2.45, 2.75) is 44.7 Å². The summed E-state index contributed by atoms with van der Waals surface area (Å²) < 4.78 is 13.3. The van der Waals surface area contributed by atoms with Crippen molar-refractivity contribution in [3.63, 3.8) is 0 Å². The van der Waals surface area contributed by atoms with E-state index in [1.807, 2.05) is 26.1 Å². The summed E-state index contributed by atoms with van der Waals surface area (Å²) in [5.41, 5.74) is 2.26. The van der Waals surface area contributed by atoms with Crippen molar-refractivity contribution in [2.24, 2.45) is 0 Å². The molecule has 3 rings (SSSR count). The van der Waals surface area contributed by atoms with Crippen molar-refractivity contribution in [3.05, 3.63) is 58.9 Å². The molecule has 0 aromatic heterocycles. The molecule has 1 fully saturated rings. The van der Waals surface area contributed by atoms with E-state index in [0.29, 0.717) is 12.0 Å². The molecule has 0 radical (unpaired) electrons. The lowest BCUT2D eigenvalue weighted by atomic mass is 10.0. The zero-order valence-electron chi connectivity index (χ0n) is 16.0. The second-order valence-electron chi connectivity index (χ2n) is 7.21. The van der Waals surface area contributed by atoms with Crippen molar-refractivity contribution >= 4 is 23.4 Å². The van der Waals surface area contributed by atoms with Crippen LogP contribution in [0.1, 0.15) is 43.0 Å². The maximum atomic E-state index is 13.3. The Morgan fingerprint density at radius 3 is 2.46 bits per heavy atom. The van der Waals surface area contributed by atoms with Gasteiger partial charge >= 0.3 is 0 Å². The first-order valence-corrected chi connectivity index (χ1v) is 9.88. The van der Waals surface area contributed by atoms with Crippen LogP contribution in [0.2, 0.25) is 5.02 Å². The second-order valence-corrected chi connectivity index (χ2v) is 7.61. The highest BCUT2D eigenvalue weighted by atomic mass is 35.5. The van der Waals surface area contributed by atoms with Gasteiger partial charge in [-0.1, -0.05) is 36.7 Å². The lowest BCUT2D eigenvalue weighted by molar-refractivity contribution is -0.121. The first-order chi connectivity index (χ1) is 13.4. The van der Waals surface area contributed by atoms with Crippen LogP contribution in [0.15, 0.2) is 42.5 Å². The quantitative estimate of drug-likeness (QED) is 0.790. The fourth-order valence-electron chi connectivity index (χ4n) is 3.62. The first kappa shape index (κ1) is 20.3. The minimum atomic E-state index is -0.455. The third kappa shape index (κ3) is 4.53. The van der Waals surface area contributed by atoms with Crippen molar-refractivity contribution in [3.8, 4) is 11.1 Å². The van der Waals surface area contributed by atoms with E-state index in [0.717, 1.165) is 30.4 Å². The van der Waals surface area contributed by atoms with E-state index in [1.165, 1.54) is 6.07 Å². The molecule has 0 bridgehead atoms. The Morgan fingerprint density at radius 1 is 1.14 bits per heavy atom. The van der Waals surface area contributed by atoms with Crippen LogP contribution in [0.4, 0.5) is 4.39 Å². The number of rotatable bonds is 5. The molecule has 1 saturated carbocycles. The molecule has 28 heavy (non-hydrogen) atoms. The van der Waals surface area contributed by atoms with Gasteiger partial charge in [0.05, 0.1) is 5.02 Å². The summed E-state index contributed by atoms with van der Waals surface area (Å²) in [6.45, 7) is 1.83. The van der Waals surface area contributed by atoms with Gasteiger partial charge in [-0.15, -0.1) is 0 Å². The highest BCUT2D eigenvalue weighted by Crippen LogP contribution is 2.27. The van der Waals surface area contributed by atoms with Gasteiger partial charge in [0.15, 0.2) is 0 Å². The normalized spacial score (nSPS) is 18.7. The van der Waals surface area contributed by atoms with Crippen LogP contribution in [-0.4, -0.2) is 35.8 Å². The van der Waals surface area contributed by atoms with Crippen LogP contribution >= 0.6 is 11.6 Å². The molecule has 0 heterocycles. The summed E-state index contributed by atoms with van der Waals surface area (Å²) >= 11 is 5.85. The third-order valence-corrected chi connectivity index (χ3v) is 5.63. The number of carbonyl (C=O) groups excluding carboxylic acids is 2. The van der Waals surface area contributed by atoms with E-state index in [9.17, 15) is 14.0 Å². The Hall–Kier alpha value is -2.40. The average molecular weight is 403 g/mol. The standard InChI is InChI=1S/C22H24ClFN2O2/c1-3-21(27)25-17-9-10-18(13-17)26(2)22(28)15-6-4-14(5-7-15)16-8-11-20(24)19(23)12-16/h4-8,11-12,17-18H,3,9-10,13H2,1-2H3,(H,25,27)/t17-,18+/m0/s1. The average Bonchev–Trinajstić information content (AvgIpc) is 3.17. The molecule has 4 nitrogen and oxygen atoms in total. The molecule has 0 saturated heterocycles. The maximum absolute atomic E-state index is 13.3. The van der Waals surface area contributed by atoms with Gasteiger partial charge in [0, 0.05) is 31.1 Å². The van der Waals surface area contributed by atoms with E-state index in [1.54, 1.807) is 29.2 Å². The fourth-order valence-corrected chi connectivity index (χ4v) is 3.80. The zero-order valence-corrected chi connectivity index (χ0v) is 16.8. The minimum absolute atomic E-state index is 0.0452. The van der Waals surface area contributed by atoms with E-state index >= 15 is 0 Å². The molecule has 0 unspecified atom stereocenters. The van der Waals surface area contributed by atoms with Crippen molar-refractivity contribution in [2.75, 3.05) is 7.05 Å². The maximum Gasteiger partial charge on any atom is 0.253 e. The minimum Gasteiger partial charge on any atom is -0.353 e.